The molecule has 1 aliphatic heterocycles. The Bertz CT molecular complexity index is 621. The number of carbonyl (C=O) groups is 1. The van der Waals surface area contributed by atoms with Crippen LogP contribution >= 0.6 is 0 Å². The molecule has 0 N–H and O–H groups in total. The largest absolute Gasteiger partial charge is 0.377 e. The maximum Gasteiger partial charge on any atom is 0.166 e. The van der Waals surface area contributed by atoms with Gasteiger partial charge in [0.05, 0.1) is 6.54 Å². The summed E-state index contributed by atoms with van der Waals surface area (Å²) in [6.07, 6.45) is 0.541. The van der Waals surface area contributed by atoms with Crippen molar-refractivity contribution in [1.82, 2.24) is 5.16 Å². The molecule has 0 aliphatic carbocycles. The number of ketones is 1. The third-order valence-electron chi connectivity index (χ3n) is 3.40. The predicted octanol–water partition coefficient (Wildman–Crippen LogP) is 2.41. The van der Waals surface area contributed by atoms with Crippen LogP contribution in [-0.2, 0) is 17.9 Å². The van der Waals surface area contributed by atoms with Gasteiger partial charge < -0.3 is 14.2 Å². The zero-order chi connectivity index (χ0) is 13.9. The number of carbonyl (C=O) groups excluding carboxylic acids is 1. The van der Waals surface area contributed by atoms with Crippen LogP contribution in [0.1, 0.15) is 28.2 Å². The Kier molecular flexibility index (Phi) is 3.52. The van der Waals surface area contributed by atoms with Crippen LogP contribution in [-0.4, -0.2) is 24.6 Å². The van der Waals surface area contributed by atoms with Gasteiger partial charge in [-0.2, -0.15) is 0 Å². The van der Waals surface area contributed by atoms with Gasteiger partial charge in [-0.05, 0) is 12.1 Å². The summed E-state index contributed by atoms with van der Waals surface area (Å²) in [5, 5.41) is 4.04. The van der Waals surface area contributed by atoms with E-state index < -0.39 is 0 Å². The summed E-state index contributed by atoms with van der Waals surface area (Å²) < 4.78 is 10.2. The number of para-hydroxylation sites is 1. The highest BCUT2D eigenvalue weighted by Gasteiger charge is 2.23. The van der Waals surface area contributed by atoms with E-state index in [0.29, 0.717) is 31.9 Å². The minimum absolute atomic E-state index is 0.206. The Balaban J connectivity index is 1.81. The molecule has 2 aromatic rings. The number of hydrogen-bond acceptors (Lipinski definition) is 5. The van der Waals surface area contributed by atoms with Crippen LogP contribution in [0.2, 0.25) is 0 Å². The van der Waals surface area contributed by atoms with Crippen molar-refractivity contribution in [3.8, 4) is 0 Å². The molecule has 20 heavy (non-hydrogen) atoms. The molecule has 2 heterocycles. The molecule has 0 saturated carbocycles. The van der Waals surface area contributed by atoms with Crippen molar-refractivity contribution < 1.29 is 14.1 Å². The zero-order valence-electron chi connectivity index (χ0n) is 11.3. The van der Waals surface area contributed by atoms with E-state index in [1.807, 2.05) is 30.3 Å². The second-order valence-electron chi connectivity index (χ2n) is 4.83. The minimum atomic E-state index is 0.206. The van der Waals surface area contributed by atoms with Gasteiger partial charge in [0.25, 0.3) is 0 Å². The molecular weight excluding hydrogens is 256 g/mol. The maximum atomic E-state index is 11.9. The van der Waals surface area contributed by atoms with E-state index in [0.717, 1.165) is 16.9 Å². The van der Waals surface area contributed by atoms with Crippen LogP contribution in [0.3, 0.4) is 0 Å². The Hall–Kier alpha value is -2.14. The third-order valence-corrected chi connectivity index (χ3v) is 3.40. The van der Waals surface area contributed by atoms with Crippen LogP contribution in [0.4, 0.5) is 5.69 Å². The van der Waals surface area contributed by atoms with Gasteiger partial charge >= 0.3 is 0 Å². The van der Waals surface area contributed by atoms with Gasteiger partial charge in [0, 0.05) is 37.4 Å². The van der Waals surface area contributed by atoms with Gasteiger partial charge in [0.2, 0.25) is 0 Å². The van der Waals surface area contributed by atoms with Crippen molar-refractivity contribution in [3.63, 3.8) is 0 Å². The number of ether oxygens (including phenoxy) is 1. The standard InChI is InChI=1S/C15H16N2O3/c1-19-10-12-8-11(16-20-12)9-17-7-6-15(18)13-4-2-3-5-14(13)17/h2-5,8H,6-7,9-10H2,1H3. The van der Waals surface area contributed by atoms with E-state index in [-0.39, 0.29) is 5.78 Å². The van der Waals surface area contributed by atoms with Gasteiger partial charge in [-0.3, -0.25) is 4.79 Å². The fraction of sp³-hybridized carbons (Fsp3) is 0.333. The van der Waals surface area contributed by atoms with Gasteiger partial charge in [-0.1, -0.05) is 17.3 Å². The first-order valence-corrected chi connectivity index (χ1v) is 6.58. The first kappa shape index (κ1) is 12.9. The number of nitrogens with zero attached hydrogens (tertiary/aromatic N) is 2. The van der Waals surface area contributed by atoms with E-state index in [1.165, 1.54) is 0 Å². The van der Waals surface area contributed by atoms with Crippen LogP contribution in [0.15, 0.2) is 34.9 Å². The number of anilines is 1. The number of benzene rings is 1. The molecule has 0 fully saturated rings. The normalized spacial score (nSPS) is 14.4. The predicted molar refractivity (Wildman–Crippen MR) is 73.7 cm³/mol. The average molecular weight is 272 g/mol. The molecule has 5 heteroatoms. The first-order chi connectivity index (χ1) is 9.78. The molecule has 1 aromatic carbocycles. The lowest BCUT2D eigenvalue weighted by atomic mass is 10.0. The monoisotopic (exact) mass is 272 g/mol. The highest BCUT2D eigenvalue weighted by molar-refractivity contribution is 6.03. The lowest BCUT2D eigenvalue weighted by molar-refractivity contribution is 0.0979. The van der Waals surface area contributed by atoms with Gasteiger partial charge in [-0.25, -0.2) is 0 Å². The average Bonchev–Trinajstić information content (AvgIpc) is 2.90. The second kappa shape index (κ2) is 5.46. The van der Waals surface area contributed by atoms with Crippen LogP contribution in [0.5, 0.6) is 0 Å². The lowest BCUT2D eigenvalue weighted by Gasteiger charge is -2.29. The Morgan fingerprint density at radius 1 is 1.40 bits per heavy atom. The molecule has 0 radical (unpaired) electrons. The summed E-state index contributed by atoms with van der Waals surface area (Å²) in [5.74, 6) is 0.918. The molecule has 104 valence electrons. The maximum absolute atomic E-state index is 11.9. The number of methoxy groups -OCH3 is 1. The topological polar surface area (TPSA) is 55.6 Å². The van der Waals surface area contributed by atoms with Crippen LogP contribution < -0.4 is 4.90 Å². The molecule has 0 amide bonds. The molecule has 0 unspecified atom stereocenters. The van der Waals surface area contributed by atoms with Crippen molar-refractivity contribution in [1.29, 1.82) is 0 Å². The van der Waals surface area contributed by atoms with E-state index in [2.05, 4.69) is 10.1 Å². The number of aromatic nitrogens is 1. The minimum Gasteiger partial charge on any atom is -0.377 e. The summed E-state index contributed by atoms with van der Waals surface area (Å²) in [6.45, 7) is 1.77. The van der Waals surface area contributed by atoms with Crippen molar-refractivity contribution >= 4 is 11.5 Å². The fourth-order valence-corrected chi connectivity index (χ4v) is 2.48. The molecule has 0 saturated heterocycles. The van der Waals surface area contributed by atoms with Gasteiger partial charge in [0.1, 0.15) is 12.3 Å². The number of Topliss-reactive ketones (excluding diaryl/α,β-unsaturated/α-hetero) is 1. The van der Waals surface area contributed by atoms with Gasteiger partial charge in [0.15, 0.2) is 11.5 Å². The number of hydrogen-bond donors (Lipinski definition) is 0. The Labute approximate surface area is 117 Å². The van der Waals surface area contributed by atoms with Crippen molar-refractivity contribution in [2.75, 3.05) is 18.6 Å². The summed E-state index contributed by atoms with van der Waals surface area (Å²) in [7, 11) is 1.62. The zero-order valence-corrected chi connectivity index (χ0v) is 11.3. The van der Waals surface area contributed by atoms with Crippen LogP contribution in [0.25, 0.3) is 0 Å². The second-order valence-corrected chi connectivity index (χ2v) is 4.83. The Morgan fingerprint density at radius 2 is 2.25 bits per heavy atom. The molecule has 0 atom stereocenters. The smallest absolute Gasteiger partial charge is 0.166 e. The van der Waals surface area contributed by atoms with Crippen LogP contribution in [0, 0.1) is 0 Å². The SMILES string of the molecule is COCc1cc(CN2CCC(=O)c3ccccc32)no1. The number of fused-ring (bicyclic) bond motifs is 1. The summed E-state index contributed by atoms with van der Waals surface area (Å²) in [4.78, 5) is 14.1. The molecule has 0 bridgehead atoms. The Morgan fingerprint density at radius 3 is 3.10 bits per heavy atom. The molecule has 1 aliphatic rings. The van der Waals surface area contributed by atoms with Crippen molar-refractivity contribution in [3.05, 3.63) is 47.3 Å². The van der Waals surface area contributed by atoms with Crippen molar-refractivity contribution in [2.45, 2.75) is 19.6 Å². The van der Waals surface area contributed by atoms with E-state index in [4.69, 9.17) is 9.26 Å². The summed E-state index contributed by atoms with van der Waals surface area (Å²) >= 11 is 0. The lowest BCUT2D eigenvalue weighted by Crippen LogP contribution is -2.31. The summed E-state index contributed by atoms with van der Waals surface area (Å²) in [5.41, 5.74) is 2.61. The highest BCUT2D eigenvalue weighted by Crippen LogP contribution is 2.28. The highest BCUT2D eigenvalue weighted by atomic mass is 16.5. The van der Waals surface area contributed by atoms with Crippen molar-refractivity contribution in [2.24, 2.45) is 0 Å². The number of rotatable bonds is 4. The molecule has 3 rings (SSSR count). The van der Waals surface area contributed by atoms with E-state index >= 15 is 0 Å². The summed E-state index contributed by atoms with van der Waals surface area (Å²) in [6, 6.07) is 9.59. The van der Waals surface area contributed by atoms with E-state index in [9.17, 15) is 4.79 Å². The molecule has 0 spiro atoms. The molecule has 1 aromatic heterocycles. The first-order valence-electron chi connectivity index (χ1n) is 6.58. The van der Waals surface area contributed by atoms with Gasteiger partial charge in [-0.15, -0.1) is 0 Å². The molecular formula is C15H16N2O3. The quantitative estimate of drug-likeness (QED) is 0.855. The molecule has 5 nitrogen and oxygen atoms in total. The fourth-order valence-electron chi connectivity index (χ4n) is 2.48. The van der Waals surface area contributed by atoms with E-state index in [1.54, 1.807) is 7.11 Å². The third kappa shape index (κ3) is 2.44.